The number of hydrogen-bond acceptors (Lipinski definition) is 3. The van der Waals surface area contributed by atoms with Crippen LogP contribution in [0.2, 0.25) is 0 Å². The Morgan fingerprint density at radius 2 is 1.90 bits per heavy atom. The summed E-state index contributed by atoms with van der Waals surface area (Å²) in [6.45, 7) is 4.39. The third kappa shape index (κ3) is 4.49. The summed E-state index contributed by atoms with van der Waals surface area (Å²) in [4.78, 5) is 16.9. The first kappa shape index (κ1) is 19.6. The monoisotopic (exact) mass is 396 g/mol. The molecule has 0 aliphatic rings. The standard InChI is InChI=1S/C26H24N2O2/c1-3-18(2)20-13-14-24-23(17-20)28-26(30-24)21-10-7-11-22(16-21)27-25(29)15-12-19-8-5-4-6-9-19/h4-18H,3H2,1-2H3,(H,27,29)/b15-12+/t18-/m1/s1. The Morgan fingerprint density at radius 3 is 2.70 bits per heavy atom. The number of benzene rings is 3. The van der Waals surface area contributed by atoms with Crippen LogP contribution in [0.4, 0.5) is 5.69 Å². The molecule has 1 heterocycles. The van der Waals surface area contributed by atoms with Gasteiger partial charge in [-0.25, -0.2) is 4.98 Å². The van der Waals surface area contributed by atoms with Crippen molar-refractivity contribution in [1.29, 1.82) is 0 Å². The van der Waals surface area contributed by atoms with E-state index in [4.69, 9.17) is 4.42 Å². The maximum absolute atomic E-state index is 12.3. The zero-order chi connectivity index (χ0) is 20.9. The number of fused-ring (bicyclic) bond motifs is 1. The lowest BCUT2D eigenvalue weighted by Crippen LogP contribution is -2.07. The van der Waals surface area contributed by atoms with Crippen molar-refractivity contribution >= 4 is 28.8 Å². The van der Waals surface area contributed by atoms with Crippen LogP contribution in [-0.4, -0.2) is 10.9 Å². The lowest BCUT2D eigenvalue weighted by atomic mass is 9.98. The van der Waals surface area contributed by atoms with Gasteiger partial charge >= 0.3 is 0 Å². The first-order valence-corrected chi connectivity index (χ1v) is 10.2. The highest BCUT2D eigenvalue weighted by Gasteiger charge is 2.11. The third-order valence-corrected chi connectivity index (χ3v) is 5.20. The van der Waals surface area contributed by atoms with E-state index in [1.807, 2.05) is 60.7 Å². The normalized spacial score (nSPS) is 12.3. The van der Waals surface area contributed by atoms with Crippen molar-refractivity contribution in [3.63, 3.8) is 0 Å². The van der Waals surface area contributed by atoms with E-state index < -0.39 is 0 Å². The number of hydrogen-bond donors (Lipinski definition) is 1. The minimum atomic E-state index is -0.188. The first-order chi connectivity index (χ1) is 14.6. The van der Waals surface area contributed by atoms with Gasteiger partial charge in [0, 0.05) is 17.3 Å². The van der Waals surface area contributed by atoms with E-state index in [0.717, 1.165) is 28.6 Å². The molecule has 30 heavy (non-hydrogen) atoms. The molecule has 1 amide bonds. The number of rotatable bonds is 6. The van der Waals surface area contributed by atoms with E-state index in [1.54, 1.807) is 6.08 Å². The number of oxazole rings is 1. The molecule has 0 unspecified atom stereocenters. The molecule has 3 aromatic carbocycles. The van der Waals surface area contributed by atoms with E-state index in [0.29, 0.717) is 17.5 Å². The minimum Gasteiger partial charge on any atom is -0.436 e. The van der Waals surface area contributed by atoms with Crippen LogP contribution in [-0.2, 0) is 4.79 Å². The molecule has 1 aromatic heterocycles. The smallest absolute Gasteiger partial charge is 0.248 e. The van der Waals surface area contributed by atoms with Crippen LogP contribution in [0, 0.1) is 0 Å². The summed E-state index contributed by atoms with van der Waals surface area (Å²) in [6.07, 6.45) is 4.39. The summed E-state index contributed by atoms with van der Waals surface area (Å²) in [5, 5.41) is 2.89. The van der Waals surface area contributed by atoms with Crippen LogP contribution < -0.4 is 5.32 Å². The summed E-state index contributed by atoms with van der Waals surface area (Å²) in [5.41, 5.74) is 5.36. The van der Waals surface area contributed by atoms with E-state index in [-0.39, 0.29) is 5.91 Å². The second-order valence-electron chi connectivity index (χ2n) is 7.37. The van der Waals surface area contributed by atoms with Crippen LogP contribution in [0.5, 0.6) is 0 Å². The Bertz CT molecular complexity index is 1190. The van der Waals surface area contributed by atoms with Crippen molar-refractivity contribution < 1.29 is 9.21 Å². The van der Waals surface area contributed by atoms with Crippen LogP contribution in [0.15, 0.2) is 83.3 Å². The Hall–Kier alpha value is -3.66. The summed E-state index contributed by atoms with van der Waals surface area (Å²) < 4.78 is 5.95. The predicted molar refractivity (Wildman–Crippen MR) is 122 cm³/mol. The Balaban J connectivity index is 1.53. The van der Waals surface area contributed by atoms with Gasteiger partial charge in [0.05, 0.1) is 0 Å². The summed E-state index contributed by atoms with van der Waals surface area (Å²) >= 11 is 0. The molecule has 0 bridgehead atoms. The quantitative estimate of drug-likeness (QED) is 0.371. The Morgan fingerprint density at radius 1 is 1.07 bits per heavy atom. The predicted octanol–water partition coefficient (Wildman–Crippen LogP) is 6.66. The van der Waals surface area contributed by atoms with Crippen molar-refractivity contribution in [2.75, 3.05) is 5.32 Å². The van der Waals surface area contributed by atoms with Gasteiger partial charge in [-0.1, -0.05) is 56.3 Å². The Kier molecular flexibility index (Phi) is 5.75. The Labute approximate surface area is 176 Å². The molecular formula is C26H24N2O2. The molecule has 4 aromatic rings. The number of carbonyl (C=O) groups excluding carboxylic acids is 1. The van der Waals surface area contributed by atoms with E-state index in [9.17, 15) is 4.79 Å². The lowest BCUT2D eigenvalue weighted by Gasteiger charge is -2.07. The summed E-state index contributed by atoms with van der Waals surface area (Å²) in [7, 11) is 0. The van der Waals surface area contributed by atoms with Gasteiger partial charge in [0.2, 0.25) is 11.8 Å². The SMILES string of the molecule is CC[C@@H](C)c1ccc2oc(-c3cccc(NC(=O)/C=C/c4ccccc4)c3)nc2c1. The van der Waals surface area contributed by atoms with E-state index >= 15 is 0 Å². The average Bonchev–Trinajstić information content (AvgIpc) is 3.21. The number of nitrogens with zero attached hydrogens (tertiary/aromatic N) is 1. The fourth-order valence-corrected chi connectivity index (χ4v) is 3.26. The van der Waals surface area contributed by atoms with Crippen molar-refractivity contribution in [1.82, 2.24) is 4.98 Å². The highest BCUT2D eigenvalue weighted by Crippen LogP contribution is 2.29. The molecule has 0 spiro atoms. The molecule has 0 saturated heterocycles. The van der Waals surface area contributed by atoms with Crippen molar-refractivity contribution in [3.8, 4) is 11.5 Å². The molecule has 1 atom stereocenters. The number of nitrogens with one attached hydrogen (secondary N) is 1. The molecule has 0 saturated carbocycles. The molecule has 0 aliphatic carbocycles. The van der Waals surface area contributed by atoms with Gasteiger partial charge in [-0.3, -0.25) is 4.79 Å². The van der Waals surface area contributed by atoms with E-state index in [1.165, 1.54) is 11.6 Å². The highest BCUT2D eigenvalue weighted by atomic mass is 16.3. The van der Waals surface area contributed by atoms with Gasteiger partial charge in [0.25, 0.3) is 0 Å². The number of aromatic nitrogens is 1. The molecule has 4 nitrogen and oxygen atoms in total. The van der Waals surface area contributed by atoms with Crippen LogP contribution in [0.3, 0.4) is 0 Å². The van der Waals surface area contributed by atoms with E-state index in [2.05, 4.69) is 36.3 Å². The third-order valence-electron chi connectivity index (χ3n) is 5.20. The lowest BCUT2D eigenvalue weighted by molar-refractivity contribution is -0.111. The number of carbonyl (C=O) groups is 1. The minimum absolute atomic E-state index is 0.188. The molecule has 4 heteroatoms. The molecule has 1 N–H and O–H groups in total. The molecule has 0 aliphatic heterocycles. The van der Waals surface area contributed by atoms with Gasteiger partial charge in [-0.15, -0.1) is 0 Å². The van der Waals surface area contributed by atoms with Crippen LogP contribution in [0.25, 0.3) is 28.6 Å². The van der Waals surface area contributed by atoms with Gasteiger partial charge < -0.3 is 9.73 Å². The van der Waals surface area contributed by atoms with Crippen molar-refractivity contribution in [2.24, 2.45) is 0 Å². The first-order valence-electron chi connectivity index (χ1n) is 10.2. The maximum Gasteiger partial charge on any atom is 0.248 e. The van der Waals surface area contributed by atoms with Crippen molar-refractivity contribution in [3.05, 3.63) is 90.0 Å². The largest absolute Gasteiger partial charge is 0.436 e. The molecule has 0 fully saturated rings. The van der Waals surface area contributed by atoms with Gasteiger partial charge in [-0.2, -0.15) is 0 Å². The number of amides is 1. The second-order valence-corrected chi connectivity index (χ2v) is 7.37. The molecule has 150 valence electrons. The zero-order valence-corrected chi connectivity index (χ0v) is 17.1. The van der Waals surface area contributed by atoms with Gasteiger partial charge in [0.15, 0.2) is 5.58 Å². The second kappa shape index (κ2) is 8.78. The molecular weight excluding hydrogens is 372 g/mol. The molecule has 0 radical (unpaired) electrons. The van der Waals surface area contributed by atoms with Crippen LogP contribution in [0.1, 0.15) is 37.3 Å². The summed E-state index contributed by atoms with van der Waals surface area (Å²) in [5.74, 6) is 0.839. The molecule has 4 rings (SSSR count). The fraction of sp³-hybridized carbons (Fsp3) is 0.154. The number of anilines is 1. The van der Waals surface area contributed by atoms with Crippen LogP contribution >= 0.6 is 0 Å². The zero-order valence-electron chi connectivity index (χ0n) is 17.1. The highest BCUT2D eigenvalue weighted by molar-refractivity contribution is 6.02. The maximum atomic E-state index is 12.3. The average molecular weight is 396 g/mol. The fourth-order valence-electron chi connectivity index (χ4n) is 3.26. The van der Waals surface area contributed by atoms with Gasteiger partial charge in [0.1, 0.15) is 5.52 Å². The topological polar surface area (TPSA) is 55.1 Å². The van der Waals surface area contributed by atoms with Crippen molar-refractivity contribution in [2.45, 2.75) is 26.2 Å². The summed E-state index contributed by atoms with van der Waals surface area (Å²) in [6, 6.07) is 23.4. The van der Waals surface area contributed by atoms with Gasteiger partial charge in [-0.05, 0) is 59.9 Å².